The summed E-state index contributed by atoms with van der Waals surface area (Å²) in [5.41, 5.74) is 1.45. The molecule has 0 bridgehead atoms. The number of ether oxygens (including phenoxy) is 4. The third-order valence-electron chi connectivity index (χ3n) is 3.93. The molecule has 0 atom stereocenters. The Hall–Kier alpha value is -3.02. The Balaban J connectivity index is 2.05. The first-order valence-corrected chi connectivity index (χ1v) is 7.72. The summed E-state index contributed by atoms with van der Waals surface area (Å²) in [5.74, 6) is 1.77. The monoisotopic (exact) mass is 342 g/mol. The van der Waals surface area contributed by atoms with E-state index < -0.39 is 0 Å². The van der Waals surface area contributed by atoms with Crippen molar-refractivity contribution >= 4 is 11.6 Å². The van der Waals surface area contributed by atoms with E-state index in [1.807, 2.05) is 0 Å². The highest BCUT2D eigenvalue weighted by Crippen LogP contribution is 2.36. The number of carbonyl (C=O) groups is 2. The van der Waals surface area contributed by atoms with E-state index in [1.54, 1.807) is 30.3 Å². The summed E-state index contributed by atoms with van der Waals surface area (Å²) >= 11 is 0. The van der Waals surface area contributed by atoms with Gasteiger partial charge in [-0.15, -0.1) is 0 Å². The first-order valence-electron chi connectivity index (χ1n) is 7.72. The van der Waals surface area contributed by atoms with Gasteiger partial charge in [0.1, 0.15) is 5.78 Å². The molecule has 2 aromatic rings. The van der Waals surface area contributed by atoms with Crippen LogP contribution in [0.5, 0.6) is 23.0 Å². The van der Waals surface area contributed by atoms with Crippen molar-refractivity contribution in [1.82, 2.24) is 0 Å². The molecule has 0 fully saturated rings. The molecular weight excluding hydrogens is 324 g/mol. The predicted octanol–water partition coefficient (Wildman–Crippen LogP) is 2.80. The van der Waals surface area contributed by atoms with Gasteiger partial charge < -0.3 is 18.9 Å². The predicted molar refractivity (Wildman–Crippen MR) is 89.9 cm³/mol. The minimum atomic E-state index is -0.226. The molecule has 0 amide bonds. The molecule has 0 unspecified atom stereocenters. The van der Waals surface area contributed by atoms with Gasteiger partial charge in [-0.3, -0.25) is 9.59 Å². The molecule has 0 N–H and O–H groups in total. The van der Waals surface area contributed by atoms with E-state index in [1.165, 1.54) is 21.1 Å². The van der Waals surface area contributed by atoms with Gasteiger partial charge in [0, 0.05) is 17.5 Å². The number of rotatable bonds is 6. The quantitative estimate of drug-likeness (QED) is 0.752. The van der Waals surface area contributed by atoms with Crippen LogP contribution < -0.4 is 18.9 Å². The average Bonchev–Trinajstić information content (AvgIpc) is 3.06. The van der Waals surface area contributed by atoms with Crippen molar-refractivity contribution in [3.8, 4) is 23.0 Å². The number of Topliss-reactive ketones (excluding diaryl/α,β-unsaturated/α-hetero) is 1. The van der Waals surface area contributed by atoms with Gasteiger partial charge in [0.15, 0.2) is 28.8 Å². The van der Waals surface area contributed by atoms with Crippen molar-refractivity contribution in [2.24, 2.45) is 0 Å². The Morgan fingerprint density at radius 2 is 1.68 bits per heavy atom. The van der Waals surface area contributed by atoms with E-state index in [0.29, 0.717) is 39.7 Å². The standard InChI is InChI=1S/C19H18O6/c1-11(20)6-13-8-17-18(25-10-24-17)9-14(13)19(21)12-4-5-15(22-2)16(7-12)23-3/h4-5,7-9H,6,10H2,1-3H3. The van der Waals surface area contributed by atoms with Crippen LogP contribution in [0, 0.1) is 0 Å². The summed E-state index contributed by atoms with van der Waals surface area (Å²) in [4.78, 5) is 24.6. The molecule has 6 nitrogen and oxygen atoms in total. The van der Waals surface area contributed by atoms with E-state index >= 15 is 0 Å². The van der Waals surface area contributed by atoms with E-state index in [9.17, 15) is 9.59 Å². The molecular formula is C19H18O6. The first kappa shape index (κ1) is 16.8. The maximum absolute atomic E-state index is 13.0. The molecule has 0 radical (unpaired) electrons. The maximum atomic E-state index is 13.0. The molecule has 0 saturated carbocycles. The Morgan fingerprint density at radius 1 is 1.00 bits per heavy atom. The van der Waals surface area contributed by atoms with Crippen LogP contribution >= 0.6 is 0 Å². The van der Waals surface area contributed by atoms with Crippen molar-refractivity contribution in [3.63, 3.8) is 0 Å². The van der Waals surface area contributed by atoms with Gasteiger partial charge in [-0.1, -0.05) is 0 Å². The lowest BCUT2D eigenvalue weighted by Gasteiger charge is -2.12. The van der Waals surface area contributed by atoms with Gasteiger partial charge >= 0.3 is 0 Å². The molecule has 0 saturated heterocycles. The zero-order valence-electron chi connectivity index (χ0n) is 14.3. The van der Waals surface area contributed by atoms with Crippen LogP contribution in [0.1, 0.15) is 28.4 Å². The van der Waals surface area contributed by atoms with Crippen LogP contribution in [0.25, 0.3) is 0 Å². The van der Waals surface area contributed by atoms with E-state index in [0.717, 1.165) is 0 Å². The average molecular weight is 342 g/mol. The van der Waals surface area contributed by atoms with E-state index in [4.69, 9.17) is 18.9 Å². The molecule has 3 rings (SSSR count). The van der Waals surface area contributed by atoms with E-state index in [-0.39, 0.29) is 24.8 Å². The molecule has 2 aromatic carbocycles. The highest BCUT2D eigenvalue weighted by atomic mass is 16.7. The second-order valence-corrected chi connectivity index (χ2v) is 5.64. The Kier molecular flexibility index (Phi) is 4.61. The maximum Gasteiger partial charge on any atom is 0.231 e. The van der Waals surface area contributed by atoms with Gasteiger partial charge in [0.25, 0.3) is 0 Å². The summed E-state index contributed by atoms with van der Waals surface area (Å²) in [7, 11) is 3.04. The lowest BCUT2D eigenvalue weighted by atomic mass is 9.94. The van der Waals surface area contributed by atoms with Crippen LogP contribution in [0.15, 0.2) is 30.3 Å². The zero-order chi connectivity index (χ0) is 18.0. The van der Waals surface area contributed by atoms with Crippen molar-refractivity contribution in [2.45, 2.75) is 13.3 Å². The highest BCUT2D eigenvalue weighted by molar-refractivity contribution is 6.11. The van der Waals surface area contributed by atoms with Crippen LogP contribution in [0.4, 0.5) is 0 Å². The number of carbonyl (C=O) groups excluding carboxylic acids is 2. The van der Waals surface area contributed by atoms with Gasteiger partial charge in [-0.25, -0.2) is 0 Å². The third kappa shape index (κ3) is 3.28. The number of ketones is 2. The molecule has 6 heteroatoms. The van der Waals surface area contributed by atoms with Crippen molar-refractivity contribution in [2.75, 3.05) is 21.0 Å². The largest absolute Gasteiger partial charge is 0.493 e. The summed E-state index contributed by atoms with van der Waals surface area (Å²) in [6.45, 7) is 1.58. The SMILES string of the molecule is COc1ccc(C(=O)c2cc3c(cc2CC(C)=O)OCO3)cc1OC. The second kappa shape index (κ2) is 6.84. The van der Waals surface area contributed by atoms with Crippen molar-refractivity contribution in [1.29, 1.82) is 0 Å². The number of methoxy groups -OCH3 is 2. The molecule has 0 aliphatic carbocycles. The van der Waals surface area contributed by atoms with Crippen LogP contribution in [0.2, 0.25) is 0 Å². The number of benzene rings is 2. The number of hydrogen-bond donors (Lipinski definition) is 0. The fraction of sp³-hybridized carbons (Fsp3) is 0.263. The molecule has 0 aromatic heterocycles. The van der Waals surface area contributed by atoms with Gasteiger partial charge in [0.05, 0.1) is 14.2 Å². The fourth-order valence-electron chi connectivity index (χ4n) is 2.74. The number of fused-ring (bicyclic) bond motifs is 1. The summed E-state index contributed by atoms with van der Waals surface area (Å²) in [6, 6.07) is 8.26. The Bertz CT molecular complexity index is 840. The normalized spacial score (nSPS) is 12.0. The Labute approximate surface area is 145 Å². The van der Waals surface area contributed by atoms with Crippen LogP contribution in [-0.4, -0.2) is 32.6 Å². The van der Waals surface area contributed by atoms with Gasteiger partial charge in [-0.05, 0) is 42.8 Å². The molecule has 1 aliphatic heterocycles. The third-order valence-corrected chi connectivity index (χ3v) is 3.93. The van der Waals surface area contributed by atoms with Crippen LogP contribution in [0.3, 0.4) is 0 Å². The molecule has 1 aliphatic rings. The Morgan fingerprint density at radius 3 is 2.32 bits per heavy atom. The molecule has 1 heterocycles. The highest BCUT2D eigenvalue weighted by Gasteiger charge is 2.23. The topological polar surface area (TPSA) is 71.1 Å². The molecule has 0 spiro atoms. The van der Waals surface area contributed by atoms with Crippen molar-refractivity contribution in [3.05, 3.63) is 47.0 Å². The smallest absolute Gasteiger partial charge is 0.231 e. The summed E-state index contributed by atoms with van der Waals surface area (Å²) < 4.78 is 21.2. The van der Waals surface area contributed by atoms with Crippen LogP contribution in [-0.2, 0) is 11.2 Å². The van der Waals surface area contributed by atoms with E-state index in [2.05, 4.69) is 0 Å². The summed E-state index contributed by atoms with van der Waals surface area (Å²) in [5, 5.41) is 0. The fourth-order valence-corrected chi connectivity index (χ4v) is 2.74. The second-order valence-electron chi connectivity index (χ2n) is 5.64. The zero-order valence-corrected chi connectivity index (χ0v) is 14.3. The lowest BCUT2D eigenvalue weighted by molar-refractivity contribution is -0.116. The van der Waals surface area contributed by atoms with Gasteiger partial charge in [0.2, 0.25) is 6.79 Å². The summed E-state index contributed by atoms with van der Waals surface area (Å²) in [6.07, 6.45) is 0.144. The minimum absolute atomic E-state index is 0.0415. The molecule has 130 valence electrons. The number of hydrogen-bond acceptors (Lipinski definition) is 6. The van der Waals surface area contributed by atoms with Gasteiger partial charge in [-0.2, -0.15) is 0 Å². The first-order chi connectivity index (χ1) is 12.0. The lowest BCUT2D eigenvalue weighted by Crippen LogP contribution is -2.09. The minimum Gasteiger partial charge on any atom is -0.493 e. The van der Waals surface area contributed by atoms with Crippen molar-refractivity contribution < 1.29 is 28.5 Å². The molecule has 25 heavy (non-hydrogen) atoms.